The molecule has 1 saturated heterocycles. The number of carbonyl (C=O) groups excluding carboxylic acids is 1. The number of benzene rings is 1. The number of hydrogen-bond donors (Lipinski definition) is 4. The summed E-state index contributed by atoms with van der Waals surface area (Å²) < 4.78 is 4.67. The maximum atomic E-state index is 11.0. The molecule has 6 nitrogen and oxygen atoms in total. The molecule has 16 heavy (non-hydrogen) atoms. The number of alkyl carbamates (subject to hydrolysis) is 1. The highest BCUT2D eigenvalue weighted by molar-refractivity contribution is 5.69. The maximum absolute atomic E-state index is 11.0. The van der Waals surface area contributed by atoms with Gasteiger partial charge in [0.15, 0.2) is 0 Å². The third-order valence-electron chi connectivity index (χ3n) is 2.40. The van der Waals surface area contributed by atoms with Crippen LogP contribution in [0.25, 0.3) is 0 Å². The molecule has 0 radical (unpaired) electrons. The van der Waals surface area contributed by atoms with Crippen LogP contribution in [0.5, 0.6) is 17.2 Å². The first-order valence-corrected chi connectivity index (χ1v) is 4.76. The molecule has 4 N–H and O–H groups in total. The van der Waals surface area contributed by atoms with E-state index in [1.807, 2.05) is 0 Å². The monoisotopic (exact) mass is 225 g/mol. The number of hydrogen-bond acceptors (Lipinski definition) is 5. The molecule has 1 aliphatic heterocycles. The van der Waals surface area contributed by atoms with E-state index in [0.29, 0.717) is 6.42 Å². The minimum atomic E-state index is -0.594. The van der Waals surface area contributed by atoms with Gasteiger partial charge in [-0.2, -0.15) is 0 Å². The number of aromatic hydroxyl groups is 3. The molecule has 1 amide bonds. The number of phenolic OH excluding ortho intramolecular Hbond substituents is 3. The fourth-order valence-electron chi connectivity index (χ4n) is 1.71. The molecule has 1 aromatic rings. The van der Waals surface area contributed by atoms with E-state index in [-0.39, 0.29) is 29.4 Å². The predicted octanol–water partition coefficient (Wildman–Crippen LogP) is 0.974. The molecule has 6 heteroatoms. The van der Waals surface area contributed by atoms with Crippen LogP contribution in [0.2, 0.25) is 0 Å². The molecule has 0 aromatic heterocycles. The van der Waals surface area contributed by atoms with Crippen molar-refractivity contribution in [3.05, 3.63) is 17.7 Å². The summed E-state index contributed by atoms with van der Waals surface area (Å²) in [5.74, 6) is -0.758. The van der Waals surface area contributed by atoms with Gasteiger partial charge in [0, 0.05) is 18.6 Å². The zero-order valence-electron chi connectivity index (χ0n) is 8.30. The number of ether oxygens (including phenoxy) is 1. The Labute approximate surface area is 91.1 Å². The van der Waals surface area contributed by atoms with E-state index < -0.39 is 12.1 Å². The van der Waals surface area contributed by atoms with Crippen LogP contribution in [0.1, 0.15) is 18.0 Å². The van der Waals surface area contributed by atoms with Crippen LogP contribution >= 0.6 is 0 Å². The minimum Gasteiger partial charge on any atom is -0.508 e. The normalized spacial score (nSPS) is 20.0. The number of phenols is 3. The molecule has 0 saturated carbocycles. The summed E-state index contributed by atoms with van der Waals surface area (Å²) in [4.78, 5) is 11.0. The van der Waals surface area contributed by atoms with Crippen molar-refractivity contribution in [1.82, 2.24) is 5.32 Å². The Kier molecular flexibility index (Phi) is 2.47. The number of nitrogens with one attached hydrogen (secondary N) is 1. The van der Waals surface area contributed by atoms with Crippen molar-refractivity contribution in [2.24, 2.45) is 0 Å². The van der Waals surface area contributed by atoms with Crippen molar-refractivity contribution >= 4 is 6.09 Å². The fraction of sp³-hybridized carbons (Fsp3) is 0.300. The number of rotatable bonds is 1. The van der Waals surface area contributed by atoms with Crippen LogP contribution in [0.15, 0.2) is 12.1 Å². The molecule has 1 aliphatic rings. The average molecular weight is 225 g/mol. The largest absolute Gasteiger partial charge is 0.508 e. The second kappa shape index (κ2) is 3.80. The van der Waals surface area contributed by atoms with Gasteiger partial charge < -0.3 is 25.4 Å². The molecule has 86 valence electrons. The number of cyclic esters (lactones) is 1. The smallest absolute Gasteiger partial charge is 0.407 e. The van der Waals surface area contributed by atoms with Crippen LogP contribution in [0.4, 0.5) is 4.79 Å². The first kappa shape index (κ1) is 10.4. The highest BCUT2D eigenvalue weighted by Crippen LogP contribution is 2.38. The van der Waals surface area contributed by atoms with Gasteiger partial charge in [-0.1, -0.05) is 0 Å². The van der Waals surface area contributed by atoms with Crippen LogP contribution < -0.4 is 5.32 Å². The molecule has 1 aromatic carbocycles. The zero-order valence-corrected chi connectivity index (χ0v) is 8.30. The molecule has 1 fully saturated rings. The van der Waals surface area contributed by atoms with E-state index in [0.717, 1.165) is 12.1 Å². The molecule has 1 atom stereocenters. The van der Waals surface area contributed by atoms with E-state index in [9.17, 15) is 15.0 Å². The lowest BCUT2D eigenvalue weighted by atomic mass is 10.0. The lowest BCUT2D eigenvalue weighted by Gasteiger charge is -2.24. The van der Waals surface area contributed by atoms with Gasteiger partial charge in [-0.25, -0.2) is 4.79 Å². The van der Waals surface area contributed by atoms with Crippen molar-refractivity contribution in [3.63, 3.8) is 0 Å². The van der Waals surface area contributed by atoms with Crippen molar-refractivity contribution in [1.29, 1.82) is 0 Å². The van der Waals surface area contributed by atoms with E-state index in [2.05, 4.69) is 10.1 Å². The van der Waals surface area contributed by atoms with Gasteiger partial charge in [0.2, 0.25) is 0 Å². The molecule has 2 rings (SSSR count). The maximum Gasteiger partial charge on any atom is 0.407 e. The topological polar surface area (TPSA) is 99.0 Å². The summed E-state index contributed by atoms with van der Waals surface area (Å²) >= 11 is 0. The van der Waals surface area contributed by atoms with E-state index >= 15 is 0 Å². The van der Waals surface area contributed by atoms with Crippen LogP contribution in [0, 0.1) is 0 Å². The third-order valence-corrected chi connectivity index (χ3v) is 2.40. The summed E-state index contributed by atoms with van der Waals surface area (Å²) in [7, 11) is 0. The average Bonchev–Trinajstić information content (AvgIpc) is 2.15. The lowest BCUT2D eigenvalue weighted by molar-refractivity contribution is 0.114. The van der Waals surface area contributed by atoms with Crippen molar-refractivity contribution in [2.75, 3.05) is 6.61 Å². The minimum absolute atomic E-state index is 0.189. The van der Waals surface area contributed by atoms with Crippen molar-refractivity contribution in [3.8, 4) is 17.2 Å². The first-order valence-electron chi connectivity index (χ1n) is 4.76. The summed E-state index contributed by atoms with van der Waals surface area (Å²) in [5, 5.41) is 30.8. The second-order valence-corrected chi connectivity index (χ2v) is 3.52. The van der Waals surface area contributed by atoms with Crippen LogP contribution in [-0.4, -0.2) is 28.0 Å². The Bertz CT molecular complexity index is 408. The zero-order chi connectivity index (χ0) is 11.7. The van der Waals surface area contributed by atoms with Gasteiger partial charge in [-0.15, -0.1) is 0 Å². The van der Waals surface area contributed by atoms with Gasteiger partial charge >= 0.3 is 6.09 Å². The molecule has 0 bridgehead atoms. The standard InChI is InChI=1S/C10H11NO5/c12-5-3-7(13)9(8(14)4-5)6-1-2-16-10(15)11-6/h3-4,6,12-14H,1-2H2,(H,11,15)/t6-/m0/s1. The molecule has 1 heterocycles. The molecular formula is C10H11NO5. The molecule has 0 aliphatic carbocycles. The Hall–Kier alpha value is -2.11. The SMILES string of the molecule is O=C1N[C@H](c2c(O)cc(O)cc2O)CCO1. The van der Waals surface area contributed by atoms with Crippen molar-refractivity contribution in [2.45, 2.75) is 12.5 Å². The molecule has 0 unspecified atom stereocenters. The number of amides is 1. The Morgan fingerprint density at radius 1 is 1.25 bits per heavy atom. The van der Waals surface area contributed by atoms with Gasteiger partial charge in [0.1, 0.15) is 17.2 Å². The third kappa shape index (κ3) is 1.81. The fourth-order valence-corrected chi connectivity index (χ4v) is 1.71. The quantitative estimate of drug-likeness (QED) is 0.571. The Balaban J connectivity index is 2.35. The van der Waals surface area contributed by atoms with Gasteiger partial charge in [0.25, 0.3) is 0 Å². The summed E-state index contributed by atoms with van der Waals surface area (Å²) in [6.07, 6.45) is -0.152. The van der Waals surface area contributed by atoms with Crippen molar-refractivity contribution < 1.29 is 24.9 Å². The van der Waals surface area contributed by atoms with Crippen LogP contribution in [-0.2, 0) is 4.74 Å². The van der Waals surface area contributed by atoms with Gasteiger partial charge in [0.05, 0.1) is 18.2 Å². The molecular weight excluding hydrogens is 214 g/mol. The predicted molar refractivity (Wildman–Crippen MR) is 53.3 cm³/mol. The van der Waals surface area contributed by atoms with Gasteiger partial charge in [-0.05, 0) is 0 Å². The Morgan fingerprint density at radius 3 is 2.44 bits per heavy atom. The Morgan fingerprint density at radius 2 is 1.88 bits per heavy atom. The summed E-state index contributed by atoms with van der Waals surface area (Å²) in [5.41, 5.74) is 0.189. The highest BCUT2D eigenvalue weighted by atomic mass is 16.5. The molecule has 0 spiro atoms. The van der Waals surface area contributed by atoms with E-state index in [1.165, 1.54) is 0 Å². The second-order valence-electron chi connectivity index (χ2n) is 3.52. The lowest BCUT2D eigenvalue weighted by Crippen LogP contribution is -2.35. The van der Waals surface area contributed by atoms with E-state index in [1.54, 1.807) is 0 Å². The first-order chi connectivity index (χ1) is 7.58. The summed E-state index contributed by atoms with van der Waals surface area (Å²) in [6, 6.07) is 1.70. The van der Waals surface area contributed by atoms with Crippen LogP contribution in [0.3, 0.4) is 0 Å². The highest BCUT2D eigenvalue weighted by Gasteiger charge is 2.26. The summed E-state index contributed by atoms with van der Waals surface area (Å²) in [6.45, 7) is 0.219. The number of carbonyl (C=O) groups is 1. The van der Waals surface area contributed by atoms with E-state index in [4.69, 9.17) is 5.11 Å². The van der Waals surface area contributed by atoms with Gasteiger partial charge in [-0.3, -0.25) is 0 Å².